The van der Waals surface area contributed by atoms with E-state index in [2.05, 4.69) is 34.3 Å². The summed E-state index contributed by atoms with van der Waals surface area (Å²) in [5, 5.41) is 25.3. The van der Waals surface area contributed by atoms with Gasteiger partial charge in [-0.25, -0.2) is 13.1 Å². The van der Waals surface area contributed by atoms with Crippen LogP contribution in [0.15, 0.2) is 101 Å². The van der Waals surface area contributed by atoms with Gasteiger partial charge in [0.05, 0.1) is 15.9 Å². The Morgan fingerprint density at radius 2 is 1.51 bits per heavy atom. The van der Waals surface area contributed by atoms with E-state index in [0.717, 1.165) is 41.8 Å². The molecule has 1 saturated carbocycles. The molecule has 3 N–H and O–H groups in total. The Labute approximate surface area is 217 Å². The van der Waals surface area contributed by atoms with E-state index < -0.39 is 21.1 Å². The van der Waals surface area contributed by atoms with Gasteiger partial charge in [0.15, 0.2) is 0 Å². The number of aliphatic hydroxyl groups is 1. The van der Waals surface area contributed by atoms with E-state index in [1.54, 1.807) is 0 Å². The molecule has 0 aliphatic heterocycles. The Morgan fingerprint density at radius 3 is 2.08 bits per heavy atom. The van der Waals surface area contributed by atoms with Crippen molar-refractivity contribution in [2.45, 2.75) is 43.2 Å². The number of nitrogens with zero attached hydrogens (tertiary/aromatic N) is 1. The van der Waals surface area contributed by atoms with Crippen LogP contribution in [0.2, 0.25) is 0 Å². The molecular formula is C28H31N3O5S. The number of nitro groups is 1. The first-order valence-corrected chi connectivity index (χ1v) is 13.8. The lowest BCUT2D eigenvalue weighted by Crippen LogP contribution is -2.35. The van der Waals surface area contributed by atoms with Crippen LogP contribution in [-0.2, 0) is 23.0 Å². The summed E-state index contributed by atoms with van der Waals surface area (Å²) in [5.74, 6) is -0.0116. The quantitative estimate of drug-likeness (QED) is 0.228. The number of aliphatic hydroxyl groups excluding tert-OH is 1. The zero-order valence-electron chi connectivity index (χ0n) is 20.4. The van der Waals surface area contributed by atoms with Gasteiger partial charge < -0.3 is 10.4 Å². The number of benzene rings is 3. The number of non-ortho nitro benzene ring substituents is 1. The molecule has 2 atom stereocenters. The normalized spacial score (nSPS) is 14.6. The van der Waals surface area contributed by atoms with Crippen molar-refractivity contribution in [3.05, 3.63) is 117 Å². The van der Waals surface area contributed by atoms with Gasteiger partial charge in [-0.1, -0.05) is 66.2 Å². The summed E-state index contributed by atoms with van der Waals surface area (Å²) in [6.07, 6.45) is 2.21. The second kappa shape index (κ2) is 12.1. The van der Waals surface area contributed by atoms with Gasteiger partial charge in [-0.15, -0.1) is 0 Å². The lowest BCUT2D eigenvalue weighted by Gasteiger charge is -2.25. The number of sulfonamides is 1. The third kappa shape index (κ3) is 7.72. The summed E-state index contributed by atoms with van der Waals surface area (Å²) >= 11 is 0. The first-order chi connectivity index (χ1) is 17.8. The molecule has 0 aromatic heterocycles. The smallest absolute Gasteiger partial charge is 0.269 e. The Morgan fingerprint density at radius 1 is 0.919 bits per heavy atom. The lowest BCUT2D eigenvalue weighted by atomic mass is 9.89. The molecule has 3 aromatic rings. The van der Waals surface area contributed by atoms with E-state index >= 15 is 0 Å². The molecule has 4 rings (SSSR count). The third-order valence-electron chi connectivity index (χ3n) is 6.36. The zero-order chi connectivity index (χ0) is 26.3. The molecule has 0 radical (unpaired) electrons. The Hall–Kier alpha value is -3.53. The van der Waals surface area contributed by atoms with Crippen LogP contribution in [0.5, 0.6) is 0 Å². The molecule has 8 nitrogen and oxygen atoms in total. The number of nitrogens with one attached hydrogen (secondary N) is 2. The topological polar surface area (TPSA) is 122 Å². The van der Waals surface area contributed by atoms with E-state index in [4.69, 9.17) is 0 Å². The van der Waals surface area contributed by atoms with Gasteiger partial charge in [-0.3, -0.25) is 10.1 Å². The Kier molecular flexibility index (Phi) is 8.70. The fourth-order valence-corrected chi connectivity index (χ4v) is 5.41. The van der Waals surface area contributed by atoms with Crippen molar-refractivity contribution in [2.24, 2.45) is 5.92 Å². The minimum atomic E-state index is -3.92. The van der Waals surface area contributed by atoms with E-state index in [9.17, 15) is 23.6 Å². The van der Waals surface area contributed by atoms with Crippen molar-refractivity contribution in [1.29, 1.82) is 0 Å². The van der Waals surface area contributed by atoms with Gasteiger partial charge >= 0.3 is 0 Å². The maximum Gasteiger partial charge on any atom is 0.269 e. The number of nitro benzene ring substituents is 1. The van der Waals surface area contributed by atoms with E-state index in [1.807, 2.05) is 36.4 Å². The molecule has 0 saturated heterocycles. The number of allylic oxidation sites excluding steroid dienone is 2. The molecule has 3 aromatic carbocycles. The maximum absolute atomic E-state index is 12.7. The van der Waals surface area contributed by atoms with Crippen LogP contribution in [0, 0.1) is 16.0 Å². The van der Waals surface area contributed by atoms with Crippen molar-refractivity contribution < 1.29 is 18.4 Å². The molecule has 0 amide bonds. The molecule has 0 unspecified atom stereocenters. The van der Waals surface area contributed by atoms with Crippen LogP contribution >= 0.6 is 0 Å². The van der Waals surface area contributed by atoms with E-state index in [-0.39, 0.29) is 23.0 Å². The third-order valence-corrected chi connectivity index (χ3v) is 7.80. The van der Waals surface area contributed by atoms with Crippen LogP contribution in [0.1, 0.15) is 30.4 Å². The SMILES string of the molecule is O=[N+]([O-])c1ccc(S(=O)(=O)NC[C@@H](O)C[C@@H](Cc2ccccc2)C(NCc2ccccc2)=C2CC2)cc1. The summed E-state index contributed by atoms with van der Waals surface area (Å²) in [6.45, 7) is 0.514. The first-order valence-electron chi connectivity index (χ1n) is 12.3. The fraction of sp³-hybridized carbons (Fsp3) is 0.286. The molecule has 194 valence electrons. The molecule has 0 spiro atoms. The predicted octanol–water partition coefficient (Wildman–Crippen LogP) is 4.32. The van der Waals surface area contributed by atoms with Crippen LogP contribution in [0.3, 0.4) is 0 Å². The predicted molar refractivity (Wildman–Crippen MR) is 142 cm³/mol. The minimum absolute atomic E-state index is 0.0116. The van der Waals surface area contributed by atoms with Crippen LogP contribution < -0.4 is 10.0 Å². The highest BCUT2D eigenvalue weighted by Gasteiger charge is 2.27. The lowest BCUT2D eigenvalue weighted by molar-refractivity contribution is -0.384. The zero-order valence-corrected chi connectivity index (χ0v) is 21.2. The van der Waals surface area contributed by atoms with Gasteiger partial charge in [-0.2, -0.15) is 0 Å². The monoisotopic (exact) mass is 521 g/mol. The number of hydrogen-bond acceptors (Lipinski definition) is 6. The second-order valence-electron chi connectivity index (χ2n) is 9.24. The molecule has 1 aliphatic carbocycles. The highest BCUT2D eigenvalue weighted by atomic mass is 32.2. The summed E-state index contributed by atoms with van der Waals surface area (Å²) in [6, 6.07) is 24.9. The van der Waals surface area contributed by atoms with Gasteiger partial charge in [0.1, 0.15) is 0 Å². The first kappa shape index (κ1) is 26.5. The van der Waals surface area contributed by atoms with Crippen molar-refractivity contribution in [3.63, 3.8) is 0 Å². The Balaban J connectivity index is 1.45. The molecular weight excluding hydrogens is 490 g/mol. The average Bonchev–Trinajstić information content (AvgIpc) is 3.74. The van der Waals surface area contributed by atoms with Gasteiger partial charge in [0.25, 0.3) is 5.69 Å². The number of hydrogen-bond donors (Lipinski definition) is 3. The number of rotatable bonds is 13. The van der Waals surface area contributed by atoms with Gasteiger partial charge in [-0.05, 0) is 48.9 Å². The van der Waals surface area contributed by atoms with E-state index in [1.165, 1.54) is 17.7 Å². The van der Waals surface area contributed by atoms with Crippen LogP contribution in [0.4, 0.5) is 5.69 Å². The van der Waals surface area contributed by atoms with Crippen molar-refractivity contribution in [2.75, 3.05) is 6.54 Å². The fourth-order valence-electron chi connectivity index (χ4n) is 4.33. The van der Waals surface area contributed by atoms with Gasteiger partial charge in [0, 0.05) is 36.8 Å². The average molecular weight is 522 g/mol. The molecule has 37 heavy (non-hydrogen) atoms. The van der Waals surface area contributed by atoms with E-state index in [0.29, 0.717) is 19.4 Å². The van der Waals surface area contributed by atoms with Crippen molar-refractivity contribution >= 4 is 15.7 Å². The standard InChI is InChI=1S/C28H31N3O5S/c32-26(20-30-37(35,36)27-15-13-25(14-16-27)31(33)34)18-24(17-21-7-3-1-4-8-21)28(23-11-12-23)29-19-22-9-5-2-6-10-22/h1-10,13-16,24,26,29-30,32H,11-12,17-20H2/t24-,26+/m1/s1. The Bertz CT molecular complexity index is 1320. The largest absolute Gasteiger partial charge is 0.392 e. The van der Waals surface area contributed by atoms with Gasteiger partial charge in [0.2, 0.25) is 10.0 Å². The molecule has 1 aliphatic rings. The minimum Gasteiger partial charge on any atom is -0.392 e. The molecule has 9 heteroatoms. The molecule has 0 bridgehead atoms. The molecule has 1 fully saturated rings. The highest BCUT2D eigenvalue weighted by Crippen LogP contribution is 2.36. The maximum atomic E-state index is 12.7. The summed E-state index contributed by atoms with van der Waals surface area (Å²) in [4.78, 5) is 10.2. The second-order valence-corrected chi connectivity index (χ2v) is 11.0. The summed E-state index contributed by atoms with van der Waals surface area (Å²) < 4.78 is 27.8. The van der Waals surface area contributed by atoms with Crippen LogP contribution in [-0.4, -0.2) is 31.1 Å². The van der Waals surface area contributed by atoms with Crippen LogP contribution in [0.25, 0.3) is 0 Å². The van der Waals surface area contributed by atoms with Crippen molar-refractivity contribution in [3.8, 4) is 0 Å². The summed E-state index contributed by atoms with van der Waals surface area (Å²) in [5.41, 5.74) is 4.59. The highest BCUT2D eigenvalue weighted by molar-refractivity contribution is 7.89. The summed E-state index contributed by atoms with van der Waals surface area (Å²) in [7, 11) is -3.92. The van der Waals surface area contributed by atoms with Crippen molar-refractivity contribution in [1.82, 2.24) is 10.0 Å². The molecule has 0 heterocycles.